The molecule has 1 aromatic heterocycles. The number of nitrogens with zero attached hydrogens (tertiary/aromatic N) is 1. The van der Waals surface area contributed by atoms with Gasteiger partial charge in [-0.2, -0.15) is 0 Å². The van der Waals surface area contributed by atoms with Crippen LogP contribution < -0.4 is 5.56 Å². The molecule has 0 aliphatic rings. The molecule has 0 unspecified atom stereocenters. The van der Waals surface area contributed by atoms with Gasteiger partial charge in [-0.25, -0.2) is 0 Å². The monoisotopic (exact) mass is 213 g/mol. The molecule has 0 aromatic carbocycles. The Morgan fingerprint density at radius 3 is 2.50 bits per heavy atom. The molecule has 1 heterocycles. The zero-order valence-corrected chi connectivity index (χ0v) is 9.85. The van der Waals surface area contributed by atoms with Crippen LogP contribution in [-0.4, -0.2) is 4.57 Å². The van der Waals surface area contributed by atoms with E-state index in [0.717, 1.165) is 17.7 Å². The summed E-state index contributed by atoms with van der Waals surface area (Å²) in [5.74, 6) is 0.293. The Morgan fingerprint density at radius 2 is 2.07 bits per heavy atom. The molecule has 0 saturated heterocycles. The first-order chi connectivity index (χ1) is 6.49. The summed E-state index contributed by atoms with van der Waals surface area (Å²) < 4.78 is 1.62. The predicted octanol–water partition coefficient (Wildman–Crippen LogP) is 2.72. The van der Waals surface area contributed by atoms with Crippen LogP contribution in [0.4, 0.5) is 0 Å². The fourth-order valence-corrected chi connectivity index (χ4v) is 1.90. The van der Waals surface area contributed by atoms with Crippen LogP contribution >= 0.6 is 11.6 Å². The summed E-state index contributed by atoms with van der Waals surface area (Å²) in [6.07, 6.45) is 0.850. The molecule has 3 heteroatoms. The van der Waals surface area contributed by atoms with E-state index in [1.165, 1.54) is 0 Å². The van der Waals surface area contributed by atoms with Gasteiger partial charge in [-0.15, -0.1) is 0 Å². The molecule has 0 N–H and O–H groups in total. The molecule has 1 rings (SSSR count). The van der Waals surface area contributed by atoms with Crippen LogP contribution in [0.1, 0.15) is 37.9 Å². The molecule has 0 radical (unpaired) electrons. The molecular formula is C11H16ClNO. The van der Waals surface area contributed by atoms with E-state index in [-0.39, 0.29) is 5.56 Å². The predicted molar refractivity (Wildman–Crippen MR) is 60.2 cm³/mol. The number of hydrogen-bond acceptors (Lipinski definition) is 1. The minimum atomic E-state index is -0.0882. The van der Waals surface area contributed by atoms with Crippen molar-refractivity contribution in [3.05, 3.63) is 32.7 Å². The van der Waals surface area contributed by atoms with Gasteiger partial charge < -0.3 is 4.57 Å². The van der Waals surface area contributed by atoms with E-state index in [1.807, 2.05) is 26.8 Å². The second kappa shape index (κ2) is 4.18. The summed E-state index contributed by atoms with van der Waals surface area (Å²) in [5, 5.41) is 0.361. The van der Waals surface area contributed by atoms with Crippen molar-refractivity contribution in [3.8, 4) is 0 Å². The van der Waals surface area contributed by atoms with Crippen molar-refractivity contribution in [2.45, 2.75) is 33.1 Å². The summed E-state index contributed by atoms with van der Waals surface area (Å²) in [6, 6.07) is 2.02. The Balaban J connectivity index is 3.49. The normalized spacial score (nSPS) is 11.0. The molecule has 0 aliphatic heterocycles. The first kappa shape index (κ1) is 11.3. The van der Waals surface area contributed by atoms with E-state index in [9.17, 15) is 4.79 Å². The number of aromatic nitrogens is 1. The minimum absolute atomic E-state index is 0.0882. The highest BCUT2D eigenvalue weighted by molar-refractivity contribution is 6.31. The van der Waals surface area contributed by atoms with Gasteiger partial charge in [0, 0.05) is 12.7 Å². The Hall–Kier alpha value is -0.760. The highest BCUT2D eigenvalue weighted by Gasteiger charge is 2.12. The number of halogens is 1. The van der Waals surface area contributed by atoms with E-state index in [1.54, 1.807) is 11.6 Å². The number of pyridine rings is 1. The van der Waals surface area contributed by atoms with Crippen molar-refractivity contribution in [1.29, 1.82) is 0 Å². The van der Waals surface area contributed by atoms with Crippen LogP contribution in [0.15, 0.2) is 10.9 Å². The average Bonchev–Trinajstić information content (AvgIpc) is 2.14. The van der Waals surface area contributed by atoms with Crippen molar-refractivity contribution in [2.24, 2.45) is 7.05 Å². The highest BCUT2D eigenvalue weighted by atomic mass is 35.5. The van der Waals surface area contributed by atoms with Gasteiger partial charge in [0.1, 0.15) is 5.02 Å². The van der Waals surface area contributed by atoms with Crippen LogP contribution in [-0.2, 0) is 13.5 Å². The maximum Gasteiger partial charge on any atom is 0.269 e. The number of rotatable bonds is 2. The number of hydrogen-bond donors (Lipinski definition) is 0. The molecule has 0 bridgehead atoms. The summed E-state index contributed by atoms with van der Waals surface area (Å²) in [7, 11) is 1.76. The maximum absolute atomic E-state index is 11.7. The molecule has 0 aliphatic carbocycles. The lowest BCUT2D eigenvalue weighted by Crippen LogP contribution is -2.22. The topological polar surface area (TPSA) is 22.0 Å². The average molecular weight is 214 g/mol. The Morgan fingerprint density at radius 1 is 1.50 bits per heavy atom. The SMILES string of the molecule is CCc1cc(C(C)C)c(Cl)c(=O)n1C. The minimum Gasteiger partial charge on any atom is -0.314 e. The molecule has 2 nitrogen and oxygen atoms in total. The first-order valence-corrected chi connectivity index (χ1v) is 5.25. The molecular weight excluding hydrogens is 198 g/mol. The summed E-state index contributed by atoms with van der Waals surface area (Å²) in [6.45, 7) is 6.12. The molecule has 0 atom stereocenters. The van der Waals surface area contributed by atoms with Gasteiger partial charge in [0.25, 0.3) is 5.56 Å². The van der Waals surface area contributed by atoms with E-state index < -0.39 is 0 Å². The van der Waals surface area contributed by atoms with Crippen molar-refractivity contribution in [3.63, 3.8) is 0 Å². The Kier molecular flexibility index (Phi) is 3.38. The molecule has 14 heavy (non-hydrogen) atoms. The van der Waals surface area contributed by atoms with Gasteiger partial charge >= 0.3 is 0 Å². The molecule has 0 saturated carbocycles. The van der Waals surface area contributed by atoms with E-state index in [4.69, 9.17) is 11.6 Å². The lowest BCUT2D eigenvalue weighted by molar-refractivity contribution is 0.759. The third-order valence-corrected chi connectivity index (χ3v) is 2.86. The quantitative estimate of drug-likeness (QED) is 0.741. The Labute approximate surface area is 89.5 Å². The summed E-state index contributed by atoms with van der Waals surface area (Å²) in [4.78, 5) is 11.7. The van der Waals surface area contributed by atoms with Crippen LogP contribution in [0.5, 0.6) is 0 Å². The first-order valence-electron chi connectivity index (χ1n) is 4.87. The number of aryl methyl sites for hydroxylation is 1. The molecule has 0 spiro atoms. The third-order valence-electron chi connectivity index (χ3n) is 2.48. The van der Waals surface area contributed by atoms with Crippen LogP contribution in [0.2, 0.25) is 5.02 Å². The zero-order chi connectivity index (χ0) is 10.9. The molecule has 0 fully saturated rings. The smallest absolute Gasteiger partial charge is 0.269 e. The van der Waals surface area contributed by atoms with Crippen molar-refractivity contribution in [2.75, 3.05) is 0 Å². The van der Waals surface area contributed by atoms with Gasteiger partial charge in [-0.05, 0) is 24.0 Å². The van der Waals surface area contributed by atoms with E-state index >= 15 is 0 Å². The van der Waals surface area contributed by atoms with Crippen molar-refractivity contribution < 1.29 is 0 Å². The van der Waals surface area contributed by atoms with Crippen molar-refractivity contribution >= 4 is 11.6 Å². The molecule has 0 amide bonds. The van der Waals surface area contributed by atoms with Crippen LogP contribution in [0, 0.1) is 0 Å². The fraction of sp³-hybridized carbons (Fsp3) is 0.545. The zero-order valence-electron chi connectivity index (χ0n) is 9.10. The standard InChI is InChI=1S/C11H16ClNO/c1-5-8-6-9(7(2)3)10(12)11(14)13(8)4/h6-7H,5H2,1-4H3. The van der Waals surface area contributed by atoms with Gasteiger partial charge in [0.05, 0.1) is 0 Å². The van der Waals surface area contributed by atoms with E-state index in [2.05, 4.69) is 0 Å². The van der Waals surface area contributed by atoms with Gasteiger partial charge in [-0.3, -0.25) is 4.79 Å². The van der Waals surface area contributed by atoms with E-state index in [0.29, 0.717) is 10.9 Å². The van der Waals surface area contributed by atoms with Crippen LogP contribution in [0.25, 0.3) is 0 Å². The van der Waals surface area contributed by atoms with Gasteiger partial charge in [0.15, 0.2) is 0 Å². The van der Waals surface area contributed by atoms with Crippen molar-refractivity contribution in [1.82, 2.24) is 4.57 Å². The fourth-order valence-electron chi connectivity index (χ4n) is 1.50. The lowest BCUT2D eigenvalue weighted by atomic mass is 10.0. The summed E-state index contributed by atoms with van der Waals surface area (Å²) in [5.41, 5.74) is 1.89. The third kappa shape index (κ3) is 1.85. The van der Waals surface area contributed by atoms with Gasteiger partial charge in [-0.1, -0.05) is 32.4 Å². The maximum atomic E-state index is 11.7. The second-order valence-electron chi connectivity index (χ2n) is 3.78. The second-order valence-corrected chi connectivity index (χ2v) is 4.16. The largest absolute Gasteiger partial charge is 0.314 e. The Bertz CT molecular complexity index is 393. The van der Waals surface area contributed by atoms with Crippen LogP contribution in [0.3, 0.4) is 0 Å². The molecule has 1 aromatic rings. The molecule has 78 valence electrons. The summed E-state index contributed by atoms with van der Waals surface area (Å²) >= 11 is 5.99. The lowest BCUT2D eigenvalue weighted by Gasteiger charge is -2.13. The highest BCUT2D eigenvalue weighted by Crippen LogP contribution is 2.21. The van der Waals surface area contributed by atoms with Gasteiger partial charge in [0.2, 0.25) is 0 Å².